The molecule has 0 atom stereocenters. The zero-order valence-electron chi connectivity index (χ0n) is 15.5. The van der Waals surface area contributed by atoms with Crippen molar-refractivity contribution in [2.24, 2.45) is 0 Å². The largest absolute Gasteiger partial charge is 0.497 e. The summed E-state index contributed by atoms with van der Waals surface area (Å²) < 4.78 is 7.89. The molecule has 0 aliphatic heterocycles. The van der Waals surface area contributed by atoms with Gasteiger partial charge in [0.15, 0.2) is 5.78 Å². The van der Waals surface area contributed by atoms with Gasteiger partial charge in [0.2, 0.25) is 0 Å². The Morgan fingerprint density at radius 1 is 1.07 bits per heavy atom. The van der Waals surface area contributed by atoms with Gasteiger partial charge in [-0.3, -0.25) is 9.59 Å². The van der Waals surface area contributed by atoms with Crippen molar-refractivity contribution < 1.29 is 9.53 Å². The topological polar surface area (TPSA) is 79.0 Å². The summed E-state index contributed by atoms with van der Waals surface area (Å²) in [4.78, 5) is 25.7. The Morgan fingerprint density at radius 3 is 2.46 bits per heavy atom. The fourth-order valence-corrected chi connectivity index (χ4v) is 3.10. The van der Waals surface area contributed by atoms with E-state index in [0.29, 0.717) is 27.9 Å². The average Bonchev–Trinajstić information content (AvgIpc) is 3.18. The van der Waals surface area contributed by atoms with Crippen LogP contribution >= 0.6 is 0 Å². The highest BCUT2D eigenvalue weighted by atomic mass is 16.5. The first-order chi connectivity index (χ1) is 13.6. The molecule has 2 aromatic heterocycles. The number of para-hydroxylation sites is 1. The lowest BCUT2D eigenvalue weighted by Crippen LogP contribution is -2.28. The molecule has 140 valence electrons. The van der Waals surface area contributed by atoms with Crippen LogP contribution < -0.4 is 10.3 Å². The van der Waals surface area contributed by atoms with Crippen molar-refractivity contribution in [3.63, 3.8) is 0 Å². The molecule has 4 aromatic rings. The van der Waals surface area contributed by atoms with Crippen molar-refractivity contribution in [2.75, 3.05) is 7.11 Å². The first-order valence-corrected chi connectivity index (χ1v) is 8.76. The smallest absolute Gasteiger partial charge is 0.293 e. The number of ketones is 1. The van der Waals surface area contributed by atoms with Gasteiger partial charge < -0.3 is 4.74 Å². The standard InChI is InChI=1S/C21H18N4O3/c1-14-18-12-22-25(16-6-4-3-5-7-16)20(18)21(27)24(23-14)13-19(26)15-8-10-17(28-2)11-9-15/h3-12H,13H2,1-2H3. The van der Waals surface area contributed by atoms with Crippen molar-refractivity contribution in [2.45, 2.75) is 13.5 Å². The van der Waals surface area contributed by atoms with E-state index < -0.39 is 0 Å². The average molecular weight is 374 g/mol. The van der Waals surface area contributed by atoms with Gasteiger partial charge in [-0.2, -0.15) is 10.2 Å². The van der Waals surface area contributed by atoms with E-state index in [1.54, 1.807) is 49.2 Å². The van der Waals surface area contributed by atoms with Crippen LogP contribution in [0.15, 0.2) is 65.6 Å². The molecule has 0 spiro atoms. The number of nitrogens with zero attached hydrogens (tertiary/aromatic N) is 4. The number of ether oxygens (including phenoxy) is 1. The number of methoxy groups -OCH3 is 1. The molecule has 0 saturated carbocycles. The van der Waals surface area contributed by atoms with Crippen LogP contribution in [0.1, 0.15) is 16.1 Å². The van der Waals surface area contributed by atoms with E-state index in [0.717, 1.165) is 5.69 Å². The predicted molar refractivity (Wildman–Crippen MR) is 105 cm³/mol. The van der Waals surface area contributed by atoms with Gasteiger partial charge in [-0.15, -0.1) is 0 Å². The molecule has 7 heteroatoms. The summed E-state index contributed by atoms with van der Waals surface area (Å²) in [6, 6.07) is 16.2. The molecule has 0 aliphatic carbocycles. The molecule has 0 N–H and O–H groups in total. The SMILES string of the molecule is COc1ccc(C(=O)Cn2nc(C)c3cnn(-c4ccccc4)c3c2=O)cc1. The summed E-state index contributed by atoms with van der Waals surface area (Å²) >= 11 is 0. The third-order valence-electron chi connectivity index (χ3n) is 4.57. The molecule has 0 amide bonds. The van der Waals surface area contributed by atoms with Crippen molar-refractivity contribution in [3.8, 4) is 11.4 Å². The Hall–Kier alpha value is -3.74. The van der Waals surface area contributed by atoms with Crippen LogP contribution in [0.4, 0.5) is 0 Å². The summed E-state index contributed by atoms with van der Waals surface area (Å²) in [6.45, 7) is 1.65. The maximum absolute atomic E-state index is 13.1. The van der Waals surface area contributed by atoms with Crippen molar-refractivity contribution in [1.29, 1.82) is 0 Å². The van der Waals surface area contributed by atoms with E-state index in [1.165, 1.54) is 4.68 Å². The third kappa shape index (κ3) is 3.07. The fraction of sp³-hybridized carbons (Fsp3) is 0.143. The predicted octanol–water partition coefficient (Wildman–Crippen LogP) is 2.78. The maximum Gasteiger partial charge on any atom is 0.293 e. The number of Topliss-reactive ketones (excluding diaryl/α,β-unsaturated/α-hetero) is 1. The van der Waals surface area contributed by atoms with Gasteiger partial charge in [0.25, 0.3) is 5.56 Å². The van der Waals surface area contributed by atoms with Crippen LogP contribution in [0.2, 0.25) is 0 Å². The molecule has 2 aromatic carbocycles. The lowest BCUT2D eigenvalue weighted by atomic mass is 10.1. The number of rotatable bonds is 5. The number of benzene rings is 2. The molecule has 28 heavy (non-hydrogen) atoms. The van der Waals surface area contributed by atoms with Crippen molar-refractivity contribution >= 4 is 16.7 Å². The maximum atomic E-state index is 13.1. The van der Waals surface area contributed by atoms with E-state index in [2.05, 4.69) is 10.2 Å². The minimum atomic E-state index is -0.358. The molecule has 0 fully saturated rings. The molecule has 4 rings (SSSR count). The van der Waals surface area contributed by atoms with E-state index >= 15 is 0 Å². The quantitative estimate of drug-likeness (QED) is 0.502. The fourth-order valence-electron chi connectivity index (χ4n) is 3.10. The Morgan fingerprint density at radius 2 is 1.79 bits per heavy atom. The van der Waals surface area contributed by atoms with Crippen LogP contribution in [0, 0.1) is 6.92 Å². The number of fused-ring (bicyclic) bond motifs is 1. The molecule has 0 aliphatic rings. The number of aryl methyl sites for hydroxylation is 1. The summed E-state index contributed by atoms with van der Waals surface area (Å²) in [6.07, 6.45) is 1.63. The molecule has 0 radical (unpaired) electrons. The first kappa shape index (κ1) is 17.7. The number of hydrogen-bond acceptors (Lipinski definition) is 5. The van der Waals surface area contributed by atoms with Gasteiger partial charge in [-0.25, -0.2) is 9.36 Å². The van der Waals surface area contributed by atoms with Crippen LogP contribution in [-0.4, -0.2) is 32.5 Å². The monoisotopic (exact) mass is 374 g/mol. The number of hydrogen-bond donors (Lipinski definition) is 0. The number of carbonyl (C=O) groups excluding carboxylic acids is 1. The highest BCUT2D eigenvalue weighted by Crippen LogP contribution is 2.17. The van der Waals surface area contributed by atoms with E-state index in [1.807, 2.05) is 30.3 Å². The van der Waals surface area contributed by atoms with Crippen LogP contribution in [0.3, 0.4) is 0 Å². The minimum absolute atomic E-state index is 0.151. The summed E-state index contributed by atoms with van der Waals surface area (Å²) in [5.74, 6) is 0.456. The molecule has 7 nitrogen and oxygen atoms in total. The van der Waals surface area contributed by atoms with E-state index in [9.17, 15) is 9.59 Å². The molecule has 0 unspecified atom stereocenters. The summed E-state index contributed by atoms with van der Waals surface area (Å²) in [5.41, 5.74) is 1.95. The van der Waals surface area contributed by atoms with Gasteiger partial charge >= 0.3 is 0 Å². The molecule has 2 heterocycles. The minimum Gasteiger partial charge on any atom is -0.497 e. The number of carbonyl (C=O) groups is 1. The Labute approximate surface area is 160 Å². The van der Waals surface area contributed by atoms with E-state index in [-0.39, 0.29) is 17.9 Å². The lowest BCUT2D eigenvalue weighted by molar-refractivity contribution is 0.0965. The Kier molecular flexibility index (Phi) is 4.49. The first-order valence-electron chi connectivity index (χ1n) is 8.76. The van der Waals surface area contributed by atoms with Crippen LogP contribution in [0.25, 0.3) is 16.6 Å². The second-order valence-corrected chi connectivity index (χ2v) is 6.35. The van der Waals surface area contributed by atoms with Crippen LogP contribution in [-0.2, 0) is 6.54 Å². The van der Waals surface area contributed by atoms with Gasteiger partial charge in [-0.05, 0) is 43.3 Å². The molecule has 0 bridgehead atoms. The van der Waals surface area contributed by atoms with Crippen LogP contribution in [0.5, 0.6) is 5.75 Å². The zero-order valence-corrected chi connectivity index (χ0v) is 15.5. The van der Waals surface area contributed by atoms with Gasteiger partial charge in [0.1, 0.15) is 17.8 Å². The Balaban J connectivity index is 1.76. The second kappa shape index (κ2) is 7.11. The number of aromatic nitrogens is 4. The van der Waals surface area contributed by atoms with Gasteiger partial charge in [-0.1, -0.05) is 18.2 Å². The van der Waals surface area contributed by atoms with Gasteiger partial charge in [0, 0.05) is 10.9 Å². The highest BCUT2D eigenvalue weighted by Gasteiger charge is 2.17. The van der Waals surface area contributed by atoms with E-state index in [4.69, 9.17) is 4.74 Å². The second-order valence-electron chi connectivity index (χ2n) is 6.35. The molecular weight excluding hydrogens is 356 g/mol. The normalized spacial score (nSPS) is 10.9. The highest BCUT2D eigenvalue weighted by molar-refractivity contribution is 5.96. The molecular formula is C21H18N4O3. The third-order valence-corrected chi connectivity index (χ3v) is 4.57. The Bertz CT molecular complexity index is 1210. The summed E-state index contributed by atoms with van der Waals surface area (Å²) in [7, 11) is 1.56. The van der Waals surface area contributed by atoms with Crippen molar-refractivity contribution in [1.82, 2.24) is 19.6 Å². The summed E-state index contributed by atoms with van der Waals surface area (Å²) in [5, 5.41) is 9.33. The van der Waals surface area contributed by atoms with Crippen molar-refractivity contribution in [3.05, 3.63) is 82.4 Å². The molecule has 0 saturated heterocycles. The lowest BCUT2D eigenvalue weighted by Gasteiger charge is -2.08. The zero-order chi connectivity index (χ0) is 19.7. The van der Waals surface area contributed by atoms with Gasteiger partial charge in [0.05, 0.1) is 24.7 Å².